The average Bonchev–Trinajstić information content (AvgIpc) is 2.41. The van der Waals surface area contributed by atoms with Crippen LogP contribution in [-0.4, -0.2) is 0 Å². The summed E-state index contributed by atoms with van der Waals surface area (Å²) >= 11 is 9.30. The number of halogens is 6. The van der Waals surface area contributed by atoms with Crippen molar-refractivity contribution in [2.75, 3.05) is 0 Å². The maximum absolute atomic E-state index is 12.5. The molecule has 6 heteroatoms. The van der Waals surface area contributed by atoms with Crippen LogP contribution in [0, 0.1) is 3.57 Å². The SMILES string of the molecule is FC(F)(F)c1ccc(CC(Br)c2cc(Br)ccc2I)cc1. The fourth-order valence-corrected chi connectivity index (χ4v) is 4.17. The number of rotatable bonds is 3. The van der Waals surface area contributed by atoms with E-state index in [0.29, 0.717) is 6.42 Å². The molecule has 1 unspecified atom stereocenters. The van der Waals surface area contributed by atoms with Crippen LogP contribution in [0.5, 0.6) is 0 Å². The Morgan fingerprint density at radius 3 is 2.24 bits per heavy atom. The molecule has 0 heterocycles. The van der Waals surface area contributed by atoms with Crippen molar-refractivity contribution in [2.24, 2.45) is 0 Å². The first kappa shape index (κ1) is 17.3. The molecule has 21 heavy (non-hydrogen) atoms. The molecule has 0 amide bonds. The highest BCUT2D eigenvalue weighted by Crippen LogP contribution is 2.34. The van der Waals surface area contributed by atoms with Gasteiger partial charge in [0.1, 0.15) is 0 Å². The lowest BCUT2D eigenvalue weighted by molar-refractivity contribution is -0.137. The Morgan fingerprint density at radius 2 is 1.67 bits per heavy atom. The van der Waals surface area contributed by atoms with Gasteiger partial charge in [-0.2, -0.15) is 13.2 Å². The van der Waals surface area contributed by atoms with Gasteiger partial charge in [0.05, 0.1) is 5.56 Å². The van der Waals surface area contributed by atoms with Crippen molar-refractivity contribution >= 4 is 54.5 Å². The zero-order valence-electron chi connectivity index (χ0n) is 10.6. The molecule has 2 rings (SSSR count). The van der Waals surface area contributed by atoms with Gasteiger partial charge in [0, 0.05) is 12.9 Å². The average molecular weight is 534 g/mol. The minimum absolute atomic E-state index is 0.0543. The largest absolute Gasteiger partial charge is 0.416 e. The second-order valence-corrected chi connectivity index (χ2v) is 7.72. The molecule has 112 valence electrons. The number of benzene rings is 2. The van der Waals surface area contributed by atoms with Crippen molar-refractivity contribution in [3.63, 3.8) is 0 Å². The van der Waals surface area contributed by atoms with Crippen LogP contribution in [0.1, 0.15) is 21.5 Å². The van der Waals surface area contributed by atoms with Gasteiger partial charge in [-0.05, 0) is 70.5 Å². The first-order chi connectivity index (χ1) is 9.77. The van der Waals surface area contributed by atoms with E-state index >= 15 is 0 Å². The van der Waals surface area contributed by atoms with Crippen molar-refractivity contribution in [3.05, 3.63) is 67.2 Å². The highest BCUT2D eigenvalue weighted by atomic mass is 127. The third kappa shape index (κ3) is 4.69. The maximum Gasteiger partial charge on any atom is 0.416 e. The summed E-state index contributed by atoms with van der Waals surface area (Å²) in [6, 6.07) is 11.3. The van der Waals surface area contributed by atoms with Crippen molar-refractivity contribution < 1.29 is 13.2 Å². The van der Waals surface area contributed by atoms with E-state index in [2.05, 4.69) is 54.5 Å². The Bertz CT molecular complexity index is 624. The van der Waals surface area contributed by atoms with E-state index in [1.165, 1.54) is 12.1 Å². The van der Waals surface area contributed by atoms with Crippen LogP contribution in [0.4, 0.5) is 13.2 Å². The Kier molecular flexibility index (Phi) is 5.76. The van der Waals surface area contributed by atoms with Crippen molar-refractivity contribution in [2.45, 2.75) is 17.4 Å². The molecular formula is C15H10Br2F3I. The van der Waals surface area contributed by atoms with E-state index in [1.54, 1.807) is 0 Å². The molecule has 0 saturated carbocycles. The lowest BCUT2D eigenvalue weighted by Crippen LogP contribution is -2.05. The summed E-state index contributed by atoms with van der Waals surface area (Å²) in [7, 11) is 0. The van der Waals surface area contributed by atoms with Gasteiger partial charge >= 0.3 is 6.18 Å². The summed E-state index contributed by atoms with van der Waals surface area (Å²) in [5.74, 6) is 0. The van der Waals surface area contributed by atoms with Gasteiger partial charge in [-0.3, -0.25) is 0 Å². The van der Waals surface area contributed by atoms with Crippen LogP contribution in [0.15, 0.2) is 46.9 Å². The topological polar surface area (TPSA) is 0 Å². The normalized spacial score (nSPS) is 13.2. The van der Waals surface area contributed by atoms with E-state index in [4.69, 9.17) is 0 Å². The highest BCUT2D eigenvalue weighted by Gasteiger charge is 2.30. The molecule has 0 radical (unpaired) electrons. The third-order valence-corrected chi connectivity index (χ3v) is 5.28. The molecule has 0 aliphatic rings. The predicted octanol–water partition coefficient (Wildman–Crippen LogP) is 6.75. The molecule has 0 aromatic heterocycles. The number of hydrogen-bond donors (Lipinski definition) is 0. The number of hydrogen-bond acceptors (Lipinski definition) is 0. The fourth-order valence-electron chi connectivity index (χ4n) is 1.90. The second-order valence-electron chi connectivity index (χ2n) is 4.53. The monoisotopic (exact) mass is 532 g/mol. The van der Waals surface area contributed by atoms with Crippen LogP contribution in [0.2, 0.25) is 0 Å². The molecule has 0 saturated heterocycles. The van der Waals surface area contributed by atoms with E-state index in [-0.39, 0.29) is 4.83 Å². The summed E-state index contributed by atoms with van der Waals surface area (Å²) in [6.07, 6.45) is -3.66. The van der Waals surface area contributed by atoms with E-state index in [0.717, 1.165) is 31.3 Å². The zero-order valence-corrected chi connectivity index (χ0v) is 15.9. The summed E-state index contributed by atoms with van der Waals surface area (Å²) in [5.41, 5.74) is 1.36. The lowest BCUT2D eigenvalue weighted by atomic mass is 10.0. The van der Waals surface area contributed by atoms with Gasteiger partial charge < -0.3 is 0 Å². The summed E-state index contributed by atoms with van der Waals surface area (Å²) < 4.78 is 39.7. The van der Waals surface area contributed by atoms with E-state index < -0.39 is 11.7 Å². The molecule has 0 spiro atoms. The highest BCUT2D eigenvalue weighted by molar-refractivity contribution is 14.1. The van der Waals surface area contributed by atoms with Gasteiger partial charge in [-0.15, -0.1) is 0 Å². The minimum Gasteiger partial charge on any atom is -0.166 e. The third-order valence-electron chi connectivity index (χ3n) is 2.99. The minimum atomic E-state index is -4.29. The standard InChI is InChI=1S/C15H10Br2F3I/c16-11-5-6-14(21)12(8-11)13(17)7-9-1-3-10(4-2-9)15(18,19)20/h1-6,8,13H,7H2. The smallest absolute Gasteiger partial charge is 0.166 e. The summed E-state index contributed by atoms with van der Waals surface area (Å²) in [6.45, 7) is 0. The zero-order chi connectivity index (χ0) is 15.6. The summed E-state index contributed by atoms with van der Waals surface area (Å²) in [4.78, 5) is 0.0543. The molecule has 0 fully saturated rings. The fraction of sp³-hybridized carbons (Fsp3) is 0.200. The Labute approximate surface area is 151 Å². The maximum atomic E-state index is 12.5. The van der Waals surface area contributed by atoms with E-state index in [1.807, 2.05) is 18.2 Å². The first-order valence-corrected chi connectivity index (χ1v) is 8.81. The molecule has 0 nitrogen and oxygen atoms in total. The van der Waals surface area contributed by atoms with Crippen LogP contribution < -0.4 is 0 Å². The van der Waals surface area contributed by atoms with Crippen LogP contribution in [0.3, 0.4) is 0 Å². The lowest BCUT2D eigenvalue weighted by Gasteiger charge is -2.14. The van der Waals surface area contributed by atoms with Crippen molar-refractivity contribution in [3.8, 4) is 0 Å². The molecule has 2 aromatic carbocycles. The van der Waals surface area contributed by atoms with Gasteiger partial charge in [0.25, 0.3) is 0 Å². The van der Waals surface area contributed by atoms with Crippen molar-refractivity contribution in [1.29, 1.82) is 0 Å². The van der Waals surface area contributed by atoms with Crippen LogP contribution >= 0.6 is 54.5 Å². The van der Waals surface area contributed by atoms with Crippen molar-refractivity contribution in [1.82, 2.24) is 0 Å². The molecule has 0 aliphatic carbocycles. The molecule has 0 N–H and O–H groups in total. The summed E-state index contributed by atoms with van der Waals surface area (Å²) in [5, 5.41) is 0. The molecular weight excluding hydrogens is 524 g/mol. The quantitative estimate of drug-likeness (QED) is 0.302. The molecule has 1 atom stereocenters. The van der Waals surface area contributed by atoms with Gasteiger partial charge in [0.2, 0.25) is 0 Å². The Morgan fingerprint density at radius 1 is 1.05 bits per heavy atom. The Balaban J connectivity index is 2.16. The molecule has 0 bridgehead atoms. The van der Waals surface area contributed by atoms with E-state index in [9.17, 15) is 13.2 Å². The van der Waals surface area contributed by atoms with Crippen LogP contribution in [-0.2, 0) is 12.6 Å². The van der Waals surface area contributed by atoms with Gasteiger partial charge in [-0.1, -0.05) is 44.0 Å². The van der Waals surface area contributed by atoms with Gasteiger partial charge in [-0.25, -0.2) is 0 Å². The number of alkyl halides is 4. The second kappa shape index (κ2) is 7.00. The molecule has 2 aromatic rings. The van der Waals surface area contributed by atoms with Gasteiger partial charge in [0.15, 0.2) is 0 Å². The Hall–Kier alpha value is -0.0800. The first-order valence-electron chi connectivity index (χ1n) is 6.02. The molecule has 0 aliphatic heterocycles. The van der Waals surface area contributed by atoms with Crippen LogP contribution in [0.25, 0.3) is 0 Å². The predicted molar refractivity (Wildman–Crippen MR) is 93.7 cm³/mol.